The molecule has 0 aliphatic heterocycles. The smallest absolute Gasteiger partial charge is 0.853 e. The van der Waals surface area contributed by atoms with Crippen molar-refractivity contribution in [3.63, 3.8) is 0 Å². The van der Waals surface area contributed by atoms with Crippen molar-refractivity contribution in [2.24, 2.45) is 0 Å². The van der Waals surface area contributed by atoms with Gasteiger partial charge in [-0.15, -0.1) is 6.61 Å². The van der Waals surface area contributed by atoms with Gasteiger partial charge in [-0.25, -0.2) is 0 Å². The fourth-order valence-electron chi connectivity index (χ4n) is 0.423. The van der Waals surface area contributed by atoms with E-state index in [-0.39, 0.29) is 108 Å². The molecule has 0 heterocycles. The van der Waals surface area contributed by atoms with Gasteiger partial charge < -0.3 is 26.9 Å². The van der Waals surface area contributed by atoms with Crippen molar-refractivity contribution in [1.82, 2.24) is 0 Å². The Balaban J connectivity index is -0.0000000320. The first-order chi connectivity index (χ1) is 4.41. The molecule has 0 aromatic rings. The zero-order valence-electron chi connectivity index (χ0n) is 9.91. The summed E-state index contributed by atoms with van der Waals surface area (Å²) in [6, 6.07) is 0. The van der Waals surface area contributed by atoms with Crippen molar-refractivity contribution in [2.75, 3.05) is 33.0 Å². The molecule has 0 saturated carbocycles. The summed E-state index contributed by atoms with van der Waals surface area (Å²) in [6.07, 6.45) is 0. The SMILES string of the molecule is CCOCCOCC[O-].[NH2-].[NH2-].[Na+].[Na+].[Na+]. The third kappa shape index (κ3) is 36.4. The van der Waals surface area contributed by atoms with Gasteiger partial charge in [0.1, 0.15) is 0 Å². The van der Waals surface area contributed by atoms with E-state index < -0.39 is 0 Å². The molecule has 0 radical (unpaired) electrons. The third-order valence-electron chi connectivity index (χ3n) is 0.804. The predicted molar refractivity (Wildman–Crippen MR) is 42.7 cm³/mol. The van der Waals surface area contributed by atoms with Crippen LogP contribution >= 0.6 is 0 Å². The largest absolute Gasteiger partial charge is 1.00 e. The van der Waals surface area contributed by atoms with E-state index in [1.807, 2.05) is 6.92 Å². The summed E-state index contributed by atoms with van der Waals surface area (Å²) in [7, 11) is 0. The van der Waals surface area contributed by atoms with Crippen LogP contribution < -0.4 is 93.8 Å². The van der Waals surface area contributed by atoms with Crippen molar-refractivity contribution < 1.29 is 103 Å². The van der Waals surface area contributed by atoms with Crippen LogP contribution in [0, 0.1) is 0 Å². The summed E-state index contributed by atoms with van der Waals surface area (Å²) in [4.78, 5) is 0. The molecule has 0 unspecified atom stereocenters. The topological polar surface area (TPSA) is 109 Å². The van der Waals surface area contributed by atoms with E-state index in [1.165, 1.54) is 0 Å². The summed E-state index contributed by atoms with van der Waals surface area (Å²) < 4.78 is 9.80. The average molecular weight is 234 g/mol. The second-order valence-electron chi connectivity index (χ2n) is 1.51. The standard InChI is InChI=1S/C6H13O3.2H2N.3Na/c1-2-8-5-6-9-4-3-7;;;;;/h2-6H2,1H3;2*1H2;;;/q3*-1;3*+1. The van der Waals surface area contributed by atoms with Gasteiger partial charge in [-0.05, 0) is 6.92 Å². The predicted octanol–water partition coefficient (Wildman–Crippen LogP) is -8.15. The quantitative estimate of drug-likeness (QED) is 0.336. The molecule has 0 saturated heterocycles. The van der Waals surface area contributed by atoms with E-state index in [0.29, 0.717) is 26.4 Å². The van der Waals surface area contributed by atoms with E-state index in [0.717, 1.165) is 0 Å². The number of hydrogen-bond donors (Lipinski definition) is 0. The van der Waals surface area contributed by atoms with Crippen LogP contribution in [0.2, 0.25) is 0 Å². The van der Waals surface area contributed by atoms with Crippen LogP contribution in [0.15, 0.2) is 0 Å². The van der Waals surface area contributed by atoms with Gasteiger partial charge >= 0.3 is 88.7 Å². The van der Waals surface area contributed by atoms with Crippen LogP contribution in [-0.2, 0) is 9.47 Å². The molecule has 0 fully saturated rings. The van der Waals surface area contributed by atoms with Crippen LogP contribution in [0.5, 0.6) is 0 Å². The van der Waals surface area contributed by atoms with Crippen molar-refractivity contribution in [2.45, 2.75) is 6.92 Å². The Hall–Kier alpha value is 2.80. The summed E-state index contributed by atoms with van der Waals surface area (Å²) in [5.41, 5.74) is 0. The Bertz CT molecular complexity index is 59.6. The maximum atomic E-state index is 9.80. The molecule has 0 aliphatic carbocycles. The van der Waals surface area contributed by atoms with E-state index in [2.05, 4.69) is 0 Å². The number of hydrogen-bond acceptors (Lipinski definition) is 3. The first kappa shape index (κ1) is 36.0. The molecule has 0 rings (SSSR count). The molecule has 0 aromatic heterocycles. The Morgan fingerprint density at radius 2 is 1.29 bits per heavy atom. The first-order valence-corrected chi connectivity index (χ1v) is 3.15. The van der Waals surface area contributed by atoms with E-state index in [9.17, 15) is 5.11 Å². The number of nitrogens with two attached hydrogens (primary N) is 2. The Kier molecular flexibility index (Phi) is 92.5. The molecule has 4 N–H and O–H groups in total. The maximum Gasteiger partial charge on any atom is 1.00 e. The fraction of sp³-hybridized carbons (Fsp3) is 1.00. The van der Waals surface area contributed by atoms with Gasteiger partial charge in [0.05, 0.1) is 13.2 Å². The van der Waals surface area contributed by atoms with Crippen LogP contribution in [0.1, 0.15) is 6.92 Å². The van der Waals surface area contributed by atoms with E-state index in [4.69, 9.17) is 9.47 Å². The van der Waals surface area contributed by atoms with Crippen molar-refractivity contribution in [3.05, 3.63) is 12.3 Å². The zero-order chi connectivity index (χ0) is 6.95. The Morgan fingerprint density at radius 3 is 1.64 bits per heavy atom. The number of rotatable bonds is 6. The first-order valence-electron chi connectivity index (χ1n) is 3.15. The van der Waals surface area contributed by atoms with Gasteiger partial charge in [-0.1, -0.05) is 0 Å². The van der Waals surface area contributed by atoms with Crippen molar-refractivity contribution in [3.8, 4) is 0 Å². The zero-order valence-corrected chi connectivity index (χ0v) is 15.9. The van der Waals surface area contributed by atoms with Gasteiger partial charge in [0, 0.05) is 13.2 Å². The Morgan fingerprint density at radius 1 is 0.857 bits per heavy atom. The Labute approximate surface area is 153 Å². The minimum absolute atomic E-state index is 0. The van der Waals surface area contributed by atoms with Crippen LogP contribution in [-0.4, -0.2) is 33.0 Å². The van der Waals surface area contributed by atoms with Crippen molar-refractivity contribution >= 4 is 0 Å². The van der Waals surface area contributed by atoms with E-state index in [1.54, 1.807) is 0 Å². The normalized spacial score (nSPS) is 6.43. The third-order valence-corrected chi connectivity index (χ3v) is 0.804. The molecule has 5 nitrogen and oxygen atoms in total. The van der Waals surface area contributed by atoms with Gasteiger partial charge in [0.2, 0.25) is 0 Å². The molecule has 14 heavy (non-hydrogen) atoms. The molecule has 0 spiro atoms. The van der Waals surface area contributed by atoms with Crippen LogP contribution in [0.3, 0.4) is 0 Å². The minimum atomic E-state index is -0.161. The summed E-state index contributed by atoms with van der Waals surface area (Å²) >= 11 is 0. The minimum Gasteiger partial charge on any atom is -0.853 e. The summed E-state index contributed by atoms with van der Waals surface area (Å²) in [5, 5.41) is 9.80. The monoisotopic (exact) mass is 234 g/mol. The van der Waals surface area contributed by atoms with Crippen molar-refractivity contribution in [1.29, 1.82) is 0 Å². The molecular formula is C6H17N2Na3O3. The maximum absolute atomic E-state index is 9.80. The molecule has 0 aromatic carbocycles. The average Bonchev–Trinajstić information content (AvgIpc) is 1.89. The van der Waals surface area contributed by atoms with Gasteiger partial charge in [-0.3, -0.25) is 0 Å². The van der Waals surface area contributed by atoms with Crippen LogP contribution in [0.25, 0.3) is 12.3 Å². The van der Waals surface area contributed by atoms with Gasteiger partial charge in [0.25, 0.3) is 0 Å². The van der Waals surface area contributed by atoms with Gasteiger partial charge in [0.15, 0.2) is 0 Å². The molecule has 0 bridgehead atoms. The van der Waals surface area contributed by atoms with Crippen LogP contribution in [0.4, 0.5) is 0 Å². The molecule has 8 heteroatoms. The summed E-state index contributed by atoms with van der Waals surface area (Å²) in [5.74, 6) is 0. The molecule has 0 aliphatic rings. The fourth-order valence-corrected chi connectivity index (χ4v) is 0.423. The summed E-state index contributed by atoms with van der Waals surface area (Å²) in [6.45, 7) is 3.90. The second kappa shape index (κ2) is 36.0. The molecular weight excluding hydrogens is 217 g/mol. The molecule has 72 valence electrons. The molecule has 0 amide bonds. The van der Waals surface area contributed by atoms with Gasteiger partial charge in [-0.2, -0.15) is 0 Å². The molecule has 0 atom stereocenters. The van der Waals surface area contributed by atoms with E-state index >= 15 is 0 Å². The second-order valence-corrected chi connectivity index (χ2v) is 1.51. The number of ether oxygens (including phenoxy) is 2.